The van der Waals surface area contributed by atoms with Crippen LogP contribution in [0.4, 0.5) is 0 Å². The van der Waals surface area contributed by atoms with Gasteiger partial charge in [0.1, 0.15) is 5.75 Å². The molecule has 0 aromatic heterocycles. The lowest BCUT2D eigenvalue weighted by Gasteiger charge is -2.11. The molecule has 23 heavy (non-hydrogen) atoms. The van der Waals surface area contributed by atoms with Gasteiger partial charge in [-0.25, -0.2) is 13.1 Å². The fourth-order valence-electron chi connectivity index (χ4n) is 2.03. The van der Waals surface area contributed by atoms with Crippen molar-refractivity contribution in [3.8, 4) is 5.75 Å². The van der Waals surface area contributed by atoms with E-state index in [4.69, 9.17) is 27.9 Å². The lowest BCUT2D eigenvalue weighted by Crippen LogP contribution is -2.25. The van der Waals surface area contributed by atoms with Crippen LogP contribution < -0.4 is 9.46 Å². The highest BCUT2D eigenvalue weighted by atomic mass is 35.5. The van der Waals surface area contributed by atoms with Crippen molar-refractivity contribution in [3.05, 3.63) is 63.6 Å². The van der Waals surface area contributed by atoms with Gasteiger partial charge >= 0.3 is 0 Å². The van der Waals surface area contributed by atoms with E-state index in [2.05, 4.69) is 4.72 Å². The molecule has 0 aliphatic rings. The van der Waals surface area contributed by atoms with E-state index in [1.165, 1.54) is 0 Å². The van der Waals surface area contributed by atoms with Crippen LogP contribution in [0.1, 0.15) is 18.1 Å². The average Bonchev–Trinajstić information content (AvgIpc) is 2.50. The lowest BCUT2D eigenvalue weighted by molar-refractivity contribution is 0.336. The van der Waals surface area contributed by atoms with E-state index in [0.717, 1.165) is 5.56 Å². The summed E-state index contributed by atoms with van der Waals surface area (Å²) in [6.45, 7) is 2.57. The van der Waals surface area contributed by atoms with Crippen molar-refractivity contribution < 1.29 is 13.2 Å². The normalized spacial score (nSPS) is 11.4. The lowest BCUT2D eigenvalue weighted by atomic mass is 10.2. The van der Waals surface area contributed by atoms with Crippen molar-refractivity contribution in [2.24, 2.45) is 0 Å². The Balaban J connectivity index is 2.05. The highest BCUT2D eigenvalue weighted by Gasteiger charge is 2.13. The molecule has 2 aromatic rings. The Morgan fingerprint density at radius 2 is 1.83 bits per heavy atom. The third-order valence-corrected chi connectivity index (χ3v) is 5.13. The number of sulfonamides is 1. The van der Waals surface area contributed by atoms with Crippen LogP contribution in [-0.4, -0.2) is 15.0 Å². The van der Waals surface area contributed by atoms with Crippen LogP contribution in [0.15, 0.2) is 42.5 Å². The Kier molecular flexibility index (Phi) is 6.30. The molecule has 0 radical (unpaired) electrons. The molecular formula is C16H17Cl2NO3S. The minimum absolute atomic E-state index is 0.166. The van der Waals surface area contributed by atoms with E-state index >= 15 is 0 Å². The number of nitrogens with one attached hydrogen (secondary N) is 1. The maximum Gasteiger partial charge on any atom is 0.216 e. The van der Waals surface area contributed by atoms with Gasteiger partial charge in [0.2, 0.25) is 10.0 Å². The zero-order valence-corrected chi connectivity index (χ0v) is 14.9. The van der Waals surface area contributed by atoms with Gasteiger partial charge in [0.05, 0.1) is 22.4 Å². The van der Waals surface area contributed by atoms with Gasteiger partial charge in [0, 0.05) is 12.1 Å². The summed E-state index contributed by atoms with van der Waals surface area (Å²) >= 11 is 11.7. The first-order valence-electron chi connectivity index (χ1n) is 7.03. The predicted molar refractivity (Wildman–Crippen MR) is 93.5 cm³/mol. The molecule has 0 unspecified atom stereocenters. The Hall–Kier alpha value is -1.27. The minimum Gasteiger partial charge on any atom is -0.494 e. The van der Waals surface area contributed by atoms with Crippen LogP contribution in [0, 0.1) is 0 Å². The summed E-state index contributed by atoms with van der Waals surface area (Å²) in [6, 6.07) is 12.1. The summed E-state index contributed by atoms with van der Waals surface area (Å²) in [5.41, 5.74) is 1.36. The van der Waals surface area contributed by atoms with Gasteiger partial charge in [-0.2, -0.15) is 0 Å². The Labute approximate surface area is 146 Å². The van der Waals surface area contributed by atoms with Gasteiger partial charge in [0.25, 0.3) is 0 Å². The molecule has 0 fully saturated rings. The highest BCUT2D eigenvalue weighted by molar-refractivity contribution is 7.88. The minimum atomic E-state index is -3.50. The molecule has 7 heteroatoms. The van der Waals surface area contributed by atoms with Crippen molar-refractivity contribution in [1.29, 1.82) is 0 Å². The number of halogens is 2. The second-order valence-electron chi connectivity index (χ2n) is 4.87. The average molecular weight is 374 g/mol. The number of ether oxygens (including phenoxy) is 1. The van der Waals surface area contributed by atoms with E-state index in [-0.39, 0.29) is 12.3 Å². The van der Waals surface area contributed by atoms with Crippen molar-refractivity contribution >= 4 is 33.2 Å². The van der Waals surface area contributed by atoms with Crippen molar-refractivity contribution in [3.63, 3.8) is 0 Å². The summed E-state index contributed by atoms with van der Waals surface area (Å²) in [5.74, 6) is 0.507. The van der Waals surface area contributed by atoms with Crippen molar-refractivity contribution in [2.75, 3.05) is 6.61 Å². The number of rotatable bonds is 7. The standard InChI is InChI=1S/C16H17Cl2NO3S/c1-2-22-16-6-4-3-5-13(16)10-19-23(20,21)11-12-7-8-14(17)15(18)9-12/h3-9,19H,2,10-11H2,1H3. The molecule has 0 heterocycles. The predicted octanol–water partition coefficient (Wildman–Crippen LogP) is 4.01. The molecule has 124 valence electrons. The van der Waals surface area contributed by atoms with E-state index in [1.807, 2.05) is 31.2 Å². The Bertz CT molecular complexity index is 779. The highest BCUT2D eigenvalue weighted by Crippen LogP contribution is 2.23. The molecule has 2 aromatic carbocycles. The first kappa shape index (κ1) is 18.1. The van der Waals surface area contributed by atoms with E-state index < -0.39 is 10.0 Å². The molecule has 2 rings (SSSR count). The van der Waals surface area contributed by atoms with Gasteiger partial charge in [-0.05, 0) is 30.7 Å². The largest absolute Gasteiger partial charge is 0.494 e. The summed E-state index contributed by atoms with van der Waals surface area (Å²) in [7, 11) is -3.50. The third kappa shape index (κ3) is 5.39. The Morgan fingerprint density at radius 3 is 2.52 bits per heavy atom. The quantitative estimate of drug-likeness (QED) is 0.797. The number of hydrogen-bond acceptors (Lipinski definition) is 3. The van der Waals surface area contributed by atoms with Crippen LogP contribution in [0.25, 0.3) is 0 Å². The second-order valence-corrected chi connectivity index (χ2v) is 7.49. The Morgan fingerprint density at radius 1 is 1.09 bits per heavy atom. The number of para-hydroxylation sites is 1. The second kappa shape index (κ2) is 8.02. The number of benzene rings is 2. The SMILES string of the molecule is CCOc1ccccc1CNS(=O)(=O)Cc1ccc(Cl)c(Cl)c1. The van der Waals surface area contributed by atoms with Crippen molar-refractivity contribution in [1.82, 2.24) is 4.72 Å². The molecule has 0 amide bonds. The van der Waals surface area contributed by atoms with Gasteiger partial charge in [-0.3, -0.25) is 0 Å². The number of hydrogen-bond donors (Lipinski definition) is 1. The summed E-state index contributed by atoms with van der Waals surface area (Å²) < 4.78 is 32.5. The van der Waals surface area contributed by atoms with Crippen LogP contribution in [0.3, 0.4) is 0 Å². The van der Waals surface area contributed by atoms with Crippen LogP contribution in [-0.2, 0) is 22.3 Å². The van der Waals surface area contributed by atoms with E-state index in [9.17, 15) is 8.42 Å². The molecule has 0 aliphatic heterocycles. The molecular weight excluding hydrogens is 357 g/mol. The fourth-order valence-corrected chi connectivity index (χ4v) is 3.45. The molecule has 0 spiro atoms. The van der Waals surface area contributed by atoms with Crippen molar-refractivity contribution in [2.45, 2.75) is 19.2 Å². The third-order valence-electron chi connectivity index (χ3n) is 3.10. The molecule has 0 bridgehead atoms. The monoisotopic (exact) mass is 373 g/mol. The maximum atomic E-state index is 12.2. The molecule has 0 saturated carbocycles. The van der Waals surface area contributed by atoms with Crippen LogP contribution in [0.2, 0.25) is 10.0 Å². The molecule has 0 atom stereocenters. The van der Waals surface area contributed by atoms with E-state index in [1.54, 1.807) is 18.2 Å². The maximum absolute atomic E-state index is 12.2. The smallest absolute Gasteiger partial charge is 0.216 e. The topological polar surface area (TPSA) is 55.4 Å². The van der Waals surface area contributed by atoms with Crippen LogP contribution in [0.5, 0.6) is 5.75 Å². The molecule has 0 saturated heterocycles. The zero-order chi connectivity index (χ0) is 16.9. The van der Waals surface area contributed by atoms with E-state index in [0.29, 0.717) is 28.0 Å². The van der Waals surface area contributed by atoms with Gasteiger partial charge in [0.15, 0.2) is 0 Å². The van der Waals surface area contributed by atoms with Crippen LogP contribution >= 0.6 is 23.2 Å². The summed E-state index contributed by atoms with van der Waals surface area (Å²) in [5, 5.41) is 0.729. The zero-order valence-electron chi connectivity index (χ0n) is 12.6. The molecule has 0 aliphatic carbocycles. The molecule has 4 nitrogen and oxygen atoms in total. The summed E-state index contributed by atoms with van der Waals surface area (Å²) in [4.78, 5) is 0. The van der Waals surface area contributed by atoms with Gasteiger partial charge in [-0.15, -0.1) is 0 Å². The van der Waals surface area contributed by atoms with Gasteiger partial charge in [-0.1, -0.05) is 47.5 Å². The molecule has 1 N–H and O–H groups in total. The summed E-state index contributed by atoms with van der Waals surface area (Å²) in [6.07, 6.45) is 0. The van der Waals surface area contributed by atoms with Gasteiger partial charge < -0.3 is 4.74 Å². The fraction of sp³-hybridized carbons (Fsp3) is 0.250. The first-order valence-corrected chi connectivity index (χ1v) is 9.44. The first-order chi connectivity index (χ1) is 10.9.